The first-order chi connectivity index (χ1) is 10.6. The van der Waals surface area contributed by atoms with Crippen LogP contribution in [0, 0.1) is 0 Å². The molecule has 1 aromatic heterocycles. The summed E-state index contributed by atoms with van der Waals surface area (Å²) in [5.41, 5.74) is 3.27. The normalized spacial score (nSPS) is 10.6. The second-order valence-corrected chi connectivity index (χ2v) is 5.37. The van der Waals surface area contributed by atoms with Crippen molar-refractivity contribution in [2.24, 2.45) is 0 Å². The molecule has 1 N–H and O–H groups in total. The van der Waals surface area contributed by atoms with Crippen molar-refractivity contribution in [2.45, 2.75) is 0 Å². The van der Waals surface area contributed by atoms with Gasteiger partial charge in [-0.2, -0.15) is 0 Å². The monoisotopic (exact) mass is 294 g/mol. The summed E-state index contributed by atoms with van der Waals surface area (Å²) >= 11 is 0. The lowest BCUT2D eigenvalue weighted by Crippen LogP contribution is -2.27. The first-order valence-electron chi connectivity index (χ1n) is 7.14. The molecular weight excluding hydrogens is 276 g/mol. The number of likely N-dealkylation sites (N-methyl/N-ethyl adjacent to an activating group) is 1. The van der Waals surface area contributed by atoms with Crippen LogP contribution in [-0.2, 0) is 4.79 Å². The SMILES string of the molecule is CN(C)C(=O)COc1ccc(-c2cc3ccccc3[nH]2)cc1. The third kappa shape index (κ3) is 2.96. The minimum atomic E-state index is -0.0558. The lowest BCUT2D eigenvalue weighted by molar-refractivity contribution is -0.130. The van der Waals surface area contributed by atoms with Crippen molar-refractivity contribution in [1.82, 2.24) is 9.88 Å². The zero-order valence-corrected chi connectivity index (χ0v) is 12.7. The van der Waals surface area contributed by atoms with Crippen molar-refractivity contribution >= 4 is 16.8 Å². The minimum absolute atomic E-state index is 0.0543. The van der Waals surface area contributed by atoms with E-state index >= 15 is 0 Å². The number of fused-ring (bicyclic) bond motifs is 1. The summed E-state index contributed by atoms with van der Waals surface area (Å²) in [4.78, 5) is 16.4. The molecule has 0 saturated carbocycles. The van der Waals surface area contributed by atoms with Gasteiger partial charge in [0.05, 0.1) is 0 Å². The summed E-state index contributed by atoms with van der Waals surface area (Å²) in [7, 11) is 3.43. The second-order valence-electron chi connectivity index (χ2n) is 5.37. The number of ether oxygens (including phenoxy) is 1. The van der Waals surface area contributed by atoms with Crippen LogP contribution in [0.1, 0.15) is 0 Å². The van der Waals surface area contributed by atoms with E-state index in [4.69, 9.17) is 4.74 Å². The molecule has 0 atom stereocenters. The van der Waals surface area contributed by atoms with Gasteiger partial charge in [-0.1, -0.05) is 18.2 Å². The summed E-state index contributed by atoms with van der Waals surface area (Å²) in [5.74, 6) is 0.634. The fraction of sp³-hybridized carbons (Fsp3) is 0.167. The van der Waals surface area contributed by atoms with Crippen molar-refractivity contribution < 1.29 is 9.53 Å². The maximum atomic E-state index is 11.5. The van der Waals surface area contributed by atoms with Gasteiger partial charge in [0.2, 0.25) is 0 Å². The number of hydrogen-bond donors (Lipinski definition) is 1. The number of carbonyl (C=O) groups is 1. The van der Waals surface area contributed by atoms with Gasteiger partial charge >= 0.3 is 0 Å². The van der Waals surface area contributed by atoms with Crippen LogP contribution < -0.4 is 4.74 Å². The summed E-state index contributed by atoms with van der Waals surface area (Å²) in [6, 6.07) is 18.0. The first-order valence-corrected chi connectivity index (χ1v) is 7.14. The predicted octanol–water partition coefficient (Wildman–Crippen LogP) is 3.30. The standard InChI is InChI=1S/C18H18N2O2/c1-20(2)18(21)12-22-15-9-7-13(8-10-15)17-11-14-5-3-4-6-16(14)19-17/h3-11,19H,12H2,1-2H3. The summed E-state index contributed by atoms with van der Waals surface area (Å²) < 4.78 is 5.48. The van der Waals surface area contributed by atoms with Crippen molar-refractivity contribution in [3.05, 3.63) is 54.6 Å². The summed E-state index contributed by atoms with van der Waals surface area (Å²) in [5, 5.41) is 1.19. The number of H-pyrrole nitrogens is 1. The predicted molar refractivity (Wildman–Crippen MR) is 87.9 cm³/mol. The molecule has 0 aliphatic heterocycles. The molecule has 4 nitrogen and oxygen atoms in total. The van der Waals surface area contributed by atoms with Crippen molar-refractivity contribution in [2.75, 3.05) is 20.7 Å². The number of aromatic nitrogens is 1. The van der Waals surface area contributed by atoms with Gasteiger partial charge in [0, 0.05) is 30.7 Å². The molecule has 0 unspecified atom stereocenters. The maximum absolute atomic E-state index is 11.5. The van der Waals surface area contributed by atoms with Gasteiger partial charge in [0.15, 0.2) is 6.61 Å². The van der Waals surface area contributed by atoms with Crippen molar-refractivity contribution in [3.8, 4) is 17.0 Å². The smallest absolute Gasteiger partial charge is 0.259 e. The Kier molecular flexibility index (Phi) is 3.83. The van der Waals surface area contributed by atoms with Gasteiger partial charge < -0.3 is 14.6 Å². The van der Waals surface area contributed by atoms with E-state index in [1.54, 1.807) is 14.1 Å². The number of rotatable bonds is 4. The van der Waals surface area contributed by atoms with Gasteiger partial charge in [-0.15, -0.1) is 0 Å². The second kappa shape index (κ2) is 5.93. The number of benzene rings is 2. The molecular formula is C18H18N2O2. The Labute approximate surface area is 129 Å². The Morgan fingerprint density at radius 3 is 2.50 bits per heavy atom. The highest BCUT2D eigenvalue weighted by Gasteiger charge is 2.06. The Morgan fingerprint density at radius 1 is 1.09 bits per heavy atom. The number of carbonyl (C=O) groups excluding carboxylic acids is 1. The van der Waals surface area contributed by atoms with E-state index in [1.807, 2.05) is 36.4 Å². The van der Waals surface area contributed by atoms with E-state index in [1.165, 1.54) is 10.3 Å². The quantitative estimate of drug-likeness (QED) is 0.802. The van der Waals surface area contributed by atoms with Gasteiger partial charge in [-0.25, -0.2) is 0 Å². The van der Waals surface area contributed by atoms with Crippen LogP contribution in [-0.4, -0.2) is 36.5 Å². The number of amides is 1. The molecule has 112 valence electrons. The van der Waals surface area contributed by atoms with Crippen LogP contribution in [0.4, 0.5) is 0 Å². The van der Waals surface area contributed by atoms with Crippen LogP contribution in [0.2, 0.25) is 0 Å². The molecule has 22 heavy (non-hydrogen) atoms. The van der Waals surface area contributed by atoms with Crippen molar-refractivity contribution in [1.29, 1.82) is 0 Å². The molecule has 4 heteroatoms. The van der Waals surface area contributed by atoms with Gasteiger partial charge in [-0.05, 0) is 42.0 Å². The first kappa shape index (κ1) is 14.2. The minimum Gasteiger partial charge on any atom is -0.484 e. The van der Waals surface area contributed by atoms with Gasteiger partial charge in [-0.3, -0.25) is 4.79 Å². The van der Waals surface area contributed by atoms with Crippen LogP contribution in [0.5, 0.6) is 5.75 Å². The molecule has 1 amide bonds. The summed E-state index contributed by atoms with van der Waals surface area (Å²) in [6.07, 6.45) is 0. The van der Waals surface area contributed by atoms with E-state index in [9.17, 15) is 4.79 Å². The topological polar surface area (TPSA) is 45.3 Å². The van der Waals surface area contributed by atoms with Gasteiger partial charge in [0.25, 0.3) is 5.91 Å². The lowest BCUT2D eigenvalue weighted by atomic mass is 10.1. The average Bonchev–Trinajstić information content (AvgIpc) is 2.97. The zero-order chi connectivity index (χ0) is 15.5. The Hall–Kier alpha value is -2.75. The van der Waals surface area contributed by atoms with Crippen molar-refractivity contribution in [3.63, 3.8) is 0 Å². The highest BCUT2D eigenvalue weighted by Crippen LogP contribution is 2.25. The van der Waals surface area contributed by atoms with E-state index in [0.717, 1.165) is 16.8 Å². The Balaban J connectivity index is 1.75. The number of nitrogens with zero attached hydrogens (tertiary/aromatic N) is 1. The van der Waals surface area contributed by atoms with Crippen LogP contribution in [0.15, 0.2) is 54.6 Å². The molecule has 0 bridgehead atoms. The molecule has 3 aromatic rings. The maximum Gasteiger partial charge on any atom is 0.259 e. The van der Waals surface area contributed by atoms with Crippen LogP contribution >= 0.6 is 0 Å². The zero-order valence-electron chi connectivity index (χ0n) is 12.7. The van der Waals surface area contributed by atoms with E-state index < -0.39 is 0 Å². The molecule has 0 aliphatic carbocycles. The number of para-hydroxylation sites is 1. The number of nitrogens with one attached hydrogen (secondary N) is 1. The fourth-order valence-corrected chi connectivity index (χ4v) is 2.23. The largest absolute Gasteiger partial charge is 0.484 e. The van der Waals surface area contributed by atoms with Gasteiger partial charge in [0.1, 0.15) is 5.75 Å². The molecule has 2 aromatic carbocycles. The Bertz CT molecular complexity index is 755. The lowest BCUT2D eigenvalue weighted by Gasteiger charge is -2.11. The van der Waals surface area contributed by atoms with E-state index in [0.29, 0.717) is 5.75 Å². The van der Waals surface area contributed by atoms with E-state index in [-0.39, 0.29) is 12.5 Å². The highest BCUT2D eigenvalue weighted by molar-refractivity contribution is 5.85. The summed E-state index contributed by atoms with van der Waals surface area (Å²) in [6.45, 7) is 0.0543. The molecule has 0 saturated heterocycles. The fourth-order valence-electron chi connectivity index (χ4n) is 2.23. The van der Waals surface area contributed by atoms with E-state index in [2.05, 4.69) is 23.2 Å². The number of aromatic amines is 1. The third-order valence-corrected chi connectivity index (χ3v) is 3.56. The average molecular weight is 294 g/mol. The molecule has 0 radical (unpaired) electrons. The molecule has 3 rings (SSSR count). The Morgan fingerprint density at radius 2 is 1.82 bits per heavy atom. The number of hydrogen-bond acceptors (Lipinski definition) is 2. The molecule has 1 heterocycles. The highest BCUT2D eigenvalue weighted by atomic mass is 16.5. The molecule has 0 fully saturated rings. The van der Waals surface area contributed by atoms with Crippen LogP contribution in [0.25, 0.3) is 22.2 Å². The van der Waals surface area contributed by atoms with Crippen LogP contribution in [0.3, 0.4) is 0 Å². The third-order valence-electron chi connectivity index (χ3n) is 3.56. The molecule has 0 aliphatic rings. The molecule has 0 spiro atoms.